The lowest BCUT2D eigenvalue weighted by Gasteiger charge is -2.16. The lowest BCUT2D eigenvalue weighted by atomic mass is 10.2. The molecule has 0 aliphatic carbocycles. The number of hydrogen-bond acceptors (Lipinski definition) is 5. The van der Waals surface area contributed by atoms with Crippen LogP contribution in [0.3, 0.4) is 0 Å². The number of hydrogen-bond donors (Lipinski definition) is 1. The summed E-state index contributed by atoms with van der Waals surface area (Å²) in [6.07, 6.45) is 0. The number of aliphatic hydroxyl groups is 1. The molecule has 0 amide bonds. The molecule has 1 N–H and O–H groups in total. The number of benzene rings is 3. The summed E-state index contributed by atoms with van der Waals surface area (Å²) in [4.78, 5) is 0. The van der Waals surface area contributed by atoms with Crippen LogP contribution in [0.5, 0.6) is 23.0 Å². The lowest BCUT2D eigenvalue weighted by molar-refractivity contribution is 0.262. The van der Waals surface area contributed by atoms with Gasteiger partial charge in [-0.05, 0) is 47.9 Å². The average molecular weight is 429 g/mol. The standard InChI is InChI=1S/C24H25ClO5/c1-3-28-23-13-19(14-26)11-20(25)24(23)30-16-18-9-10-21(22(12-18)27-2)29-15-17-7-5-4-6-8-17/h4-13,26H,3,14-16H2,1-2H3. The largest absolute Gasteiger partial charge is 0.493 e. The van der Waals surface area contributed by atoms with Crippen molar-refractivity contribution < 1.29 is 24.1 Å². The van der Waals surface area contributed by atoms with Crippen LogP contribution in [-0.2, 0) is 19.8 Å². The number of methoxy groups -OCH3 is 1. The molecule has 0 bridgehead atoms. The van der Waals surface area contributed by atoms with Crippen molar-refractivity contribution in [2.45, 2.75) is 26.7 Å². The Bertz CT molecular complexity index is 959. The zero-order valence-corrected chi connectivity index (χ0v) is 17.8. The van der Waals surface area contributed by atoms with E-state index >= 15 is 0 Å². The monoisotopic (exact) mass is 428 g/mol. The second kappa shape index (κ2) is 10.8. The molecule has 0 heterocycles. The molecular formula is C24H25ClO5. The van der Waals surface area contributed by atoms with Crippen molar-refractivity contribution in [1.82, 2.24) is 0 Å². The molecule has 0 saturated heterocycles. The van der Waals surface area contributed by atoms with E-state index in [1.165, 1.54) is 0 Å². The second-order valence-electron chi connectivity index (χ2n) is 6.54. The van der Waals surface area contributed by atoms with Gasteiger partial charge in [-0.2, -0.15) is 0 Å². The minimum Gasteiger partial charge on any atom is -0.493 e. The van der Waals surface area contributed by atoms with Crippen LogP contribution in [0.1, 0.15) is 23.6 Å². The van der Waals surface area contributed by atoms with Crippen molar-refractivity contribution in [1.29, 1.82) is 0 Å². The maximum Gasteiger partial charge on any atom is 0.180 e. The van der Waals surface area contributed by atoms with Crippen LogP contribution in [0.4, 0.5) is 0 Å². The summed E-state index contributed by atoms with van der Waals surface area (Å²) in [7, 11) is 1.60. The third-order valence-electron chi connectivity index (χ3n) is 4.40. The van der Waals surface area contributed by atoms with Crippen molar-refractivity contribution in [2.75, 3.05) is 13.7 Å². The molecule has 5 nitrogen and oxygen atoms in total. The lowest BCUT2D eigenvalue weighted by Crippen LogP contribution is -2.03. The molecule has 0 radical (unpaired) electrons. The van der Waals surface area contributed by atoms with Crippen molar-refractivity contribution in [3.05, 3.63) is 82.4 Å². The van der Waals surface area contributed by atoms with Gasteiger partial charge in [-0.15, -0.1) is 0 Å². The molecule has 3 rings (SSSR count). The zero-order chi connectivity index (χ0) is 21.3. The first-order valence-corrected chi connectivity index (χ1v) is 10.0. The van der Waals surface area contributed by atoms with Crippen LogP contribution < -0.4 is 18.9 Å². The molecule has 0 aromatic heterocycles. The minimum absolute atomic E-state index is 0.123. The number of halogens is 1. The van der Waals surface area contributed by atoms with Gasteiger partial charge in [0.05, 0.1) is 25.3 Å². The molecule has 0 unspecified atom stereocenters. The first-order valence-electron chi connectivity index (χ1n) is 9.67. The van der Waals surface area contributed by atoms with Gasteiger partial charge in [0, 0.05) is 0 Å². The molecule has 0 spiro atoms. The van der Waals surface area contributed by atoms with Gasteiger partial charge >= 0.3 is 0 Å². The third-order valence-corrected chi connectivity index (χ3v) is 4.68. The topological polar surface area (TPSA) is 57.2 Å². The van der Waals surface area contributed by atoms with Gasteiger partial charge < -0.3 is 24.1 Å². The molecule has 0 fully saturated rings. The molecule has 30 heavy (non-hydrogen) atoms. The summed E-state index contributed by atoms with van der Waals surface area (Å²) in [6.45, 7) is 2.94. The quantitative estimate of drug-likeness (QED) is 0.468. The summed E-state index contributed by atoms with van der Waals surface area (Å²) in [5.41, 5.74) is 2.64. The van der Waals surface area contributed by atoms with E-state index in [0.29, 0.717) is 46.8 Å². The summed E-state index contributed by atoms with van der Waals surface area (Å²) in [5, 5.41) is 9.76. The van der Waals surface area contributed by atoms with Crippen LogP contribution in [0.2, 0.25) is 5.02 Å². The highest BCUT2D eigenvalue weighted by Crippen LogP contribution is 2.38. The predicted molar refractivity (Wildman–Crippen MR) is 117 cm³/mol. The van der Waals surface area contributed by atoms with Crippen LogP contribution in [0, 0.1) is 0 Å². The summed E-state index contributed by atoms with van der Waals surface area (Å²) in [5.74, 6) is 2.23. The van der Waals surface area contributed by atoms with E-state index in [1.54, 1.807) is 19.2 Å². The molecule has 6 heteroatoms. The normalized spacial score (nSPS) is 10.5. The van der Waals surface area contributed by atoms with Gasteiger partial charge in [-0.3, -0.25) is 0 Å². The van der Waals surface area contributed by atoms with Crippen molar-refractivity contribution in [3.8, 4) is 23.0 Å². The number of ether oxygens (including phenoxy) is 4. The van der Waals surface area contributed by atoms with E-state index in [-0.39, 0.29) is 13.2 Å². The third kappa shape index (κ3) is 5.59. The van der Waals surface area contributed by atoms with Crippen molar-refractivity contribution >= 4 is 11.6 Å². The van der Waals surface area contributed by atoms with Gasteiger partial charge in [0.2, 0.25) is 0 Å². The Balaban J connectivity index is 1.71. The van der Waals surface area contributed by atoms with E-state index in [1.807, 2.05) is 55.5 Å². The first-order chi connectivity index (χ1) is 14.6. The highest BCUT2D eigenvalue weighted by Gasteiger charge is 2.14. The highest BCUT2D eigenvalue weighted by molar-refractivity contribution is 6.32. The average Bonchev–Trinajstić information content (AvgIpc) is 2.78. The van der Waals surface area contributed by atoms with Crippen LogP contribution >= 0.6 is 11.6 Å². The Labute approximate surface area is 181 Å². The predicted octanol–water partition coefficient (Wildman–Crippen LogP) is 5.40. The molecule has 0 aliphatic rings. The maximum absolute atomic E-state index is 9.37. The van der Waals surface area contributed by atoms with Gasteiger partial charge in [0.25, 0.3) is 0 Å². The van der Waals surface area contributed by atoms with E-state index in [4.69, 9.17) is 30.5 Å². The Morgan fingerprint density at radius 2 is 1.50 bits per heavy atom. The summed E-state index contributed by atoms with van der Waals surface area (Å²) < 4.78 is 22.9. The summed E-state index contributed by atoms with van der Waals surface area (Å²) >= 11 is 6.34. The van der Waals surface area contributed by atoms with E-state index in [9.17, 15) is 5.11 Å². The van der Waals surface area contributed by atoms with Gasteiger partial charge in [-0.1, -0.05) is 48.0 Å². The van der Waals surface area contributed by atoms with Crippen molar-refractivity contribution in [3.63, 3.8) is 0 Å². The molecule has 0 saturated carbocycles. The molecule has 3 aromatic rings. The second-order valence-corrected chi connectivity index (χ2v) is 6.95. The fourth-order valence-corrected chi connectivity index (χ4v) is 3.22. The number of rotatable bonds is 10. The van der Waals surface area contributed by atoms with E-state index in [0.717, 1.165) is 11.1 Å². The molecule has 3 aromatic carbocycles. The molecular weight excluding hydrogens is 404 g/mol. The Morgan fingerprint density at radius 3 is 2.20 bits per heavy atom. The fourth-order valence-electron chi connectivity index (χ4n) is 2.93. The Kier molecular flexibility index (Phi) is 7.82. The molecule has 158 valence electrons. The highest BCUT2D eigenvalue weighted by atomic mass is 35.5. The Hall–Kier alpha value is -2.89. The van der Waals surface area contributed by atoms with E-state index in [2.05, 4.69) is 0 Å². The van der Waals surface area contributed by atoms with Crippen molar-refractivity contribution in [2.24, 2.45) is 0 Å². The molecule has 0 atom stereocenters. The number of aliphatic hydroxyl groups excluding tert-OH is 1. The van der Waals surface area contributed by atoms with Gasteiger partial charge in [0.1, 0.15) is 13.2 Å². The smallest absolute Gasteiger partial charge is 0.180 e. The van der Waals surface area contributed by atoms with Crippen LogP contribution in [0.15, 0.2) is 60.7 Å². The maximum atomic E-state index is 9.37. The minimum atomic E-state index is -0.123. The van der Waals surface area contributed by atoms with E-state index < -0.39 is 0 Å². The van der Waals surface area contributed by atoms with Gasteiger partial charge in [-0.25, -0.2) is 0 Å². The summed E-state index contributed by atoms with van der Waals surface area (Å²) in [6, 6.07) is 19.0. The fraction of sp³-hybridized carbons (Fsp3) is 0.250. The SMILES string of the molecule is CCOc1cc(CO)cc(Cl)c1OCc1ccc(OCc2ccccc2)c(OC)c1. The van der Waals surface area contributed by atoms with Crippen LogP contribution in [0.25, 0.3) is 0 Å². The van der Waals surface area contributed by atoms with Crippen LogP contribution in [-0.4, -0.2) is 18.8 Å². The van der Waals surface area contributed by atoms with Gasteiger partial charge in [0.15, 0.2) is 23.0 Å². The molecule has 0 aliphatic heterocycles. The first kappa shape index (κ1) is 21.8. The zero-order valence-electron chi connectivity index (χ0n) is 17.1. The Morgan fingerprint density at radius 1 is 0.767 bits per heavy atom.